The van der Waals surface area contributed by atoms with E-state index in [1.165, 1.54) is 0 Å². The first-order valence-corrected chi connectivity index (χ1v) is 17.6. The van der Waals surface area contributed by atoms with Gasteiger partial charge in [-0.05, 0) is 78.0 Å². The van der Waals surface area contributed by atoms with Crippen LogP contribution < -0.4 is 16.1 Å². The molecule has 4 heterocycles. The number of carbonyl (C=O) groups excluding carboxylic acids is 5. The first kappa shape index (κ1) is 38.6. The molecule has 15 heteroatoms. The zero-order chi connectivity index (χ0) is 38.2. The van der Waals surface area contributed by atoms with Crippen LogP contribution in [0.4, 0.5) is 0 Å². The van der Waals surface area contributed by atoms with E-state index in [9.17, 15) is 28.8 Å². The fraction of sp³-hybridized carbons (Fsp3) is 0.632. The highest BCUT2D eigenvalue weighted by Crippen LogP contribution is 2.67. The molecule has 0 spiro atoms. The number of aryl methyl sites for hydroxylation is 1. The molecule has 4 fully saturated rings. The van der Waals surface area contributed by atoms with E-state index in [-0.39, 0.29) is 54.3 Å². The lowest BCUT2D eigenvalue weighted by Crippen LogP contribution is -2.57. The Bertz CT molecular complexity index is 2050. The van der Waals surface area contributed by atoms with E-state index >= 15 is 0 Å². The van der Waals surface area contributed by atoms with Crippen LogP contribution in [0.2, 0.25) is 0 Å². The van der Waals surface area contributed by atoms with Crippen LogP contribution in [-0.4, -0.2) is 59.3 Å². The van der Waals surface area contributed by atoms with Crippen LogP contribution in [0.5, 0.6) is 5.75 Å². The summed E-state index contributed by atoms with van der Waals surface area (Å²) in [6.07, 6.45) is -1.65. The molecule has 2 N–H and O–H groups in total. The molecule has 2 unspecified atom stereocenters. The van der Waals surface area contributed by atoms with Gasteiger partial charge >= 0.3 is 35.5 Å². The van der Waals surface area contributed by atoms with Crippen LogP contribution >= 0.6 is 12.4 Å². The maximum absolute atomic E-state index is 14.6. The number of halogens is 1. The molecule has 5 aliphatic rings. The molecule has 14 nitrogen and oxygen atoms in total. The van der Waals surface area contributed by atoms with E-state index < -0.39 is 92.8 Å². The van der Waals surface area contributed by atoms with Crippen molar-refractivity contribution in [3.63, 3.8) is 0 Å². The Hall–Kier alpha value is -4.17. The Morgan fingerprint density at radius 1 is 0.792 bits per heavy atom. The summed E-state index contributed by atoms with van der Waals surface area (Å²) in [5.74, 6) is -3.24. The average molecular weight is 760 g/mol. The van der Waals surface area contributed by atoms with Crippen molar-refractivity contribution in [3.8, 4) is 5.75 Å². The minimum absolute atomic E-state index is 0. The third-order valence-electron chi connectivity index (χ3n) is 13.9. The van der Waals surface area contributed by atoms with Crippen LogP contribution in [0.3, 0.4) is 0 Å². The van der Waals surface area contributed by atoms with Gasteiger partial charge in [0.05, 0.1) is 28.5 Å². The monoisotopic (exact) mass is 759 g/mol. The van der Waals surface area contributed by atoms with E-state index in [1.54, 1.807) is 74.4 Å². The second kappa shape index (κ2) is 11.7. The summed E-state index contributed by atoms with van der Waals surface area (Å²) < 4.78 is 41.9. The largest absolute Gasteiger partial charge is 0.483 e. The van der Waals surface area contributed by atoms with E-state index in [0.717, 1.165) is 0 Å². The van der Waals surface area contributed by atoms with Crippen molar-refractivity contribution >= 4 is 53.2 Å². The quantitative estimate of drug-likeness (QED) is 0.236. The van der Waals surface area contributed by atoms with Crippen LogP contribution in [-0.2, 0) is 54.3 Å². The second-order valence-corrected chi connectivity index (χ2v) is 16.9. The van der Waals surface area contributed by atoms with Crippen molar-refractivity contribution in [2.24, 2.45) is 27.4 Å². The van der Waals surface area contributed by atoms with Gasteiger partial charge in [-0.15, -0.1) is 12.4 Å². The smallest absolute Gasteiger partial charge is 0.351 e. The first-order valence-electron chi connectivity index (χ1n) is 17.6. The molecule has 3 aliphatic heterocycles. The number of esters is 5. The van der Waals surface area contributed by atoms with Crippen molar-refractivity contribution in [1.82, 2.24) is 0 Å². The normalized spacial score (nSPS) is 33.6. The molecule has 288 valence electrons. The number of ether oxygens (including phenoxy) is 6. The summed E-state index contributed by atoms with van der Waals surface area (Å²) >= 11 is 0. The summed E-state index contributed by atoms with van der Waals surface area (Å²) in [4.78, 5) is 80.7. The minimum Gasteiger partial charge on any atom is -0.483 e. The van der Waals surface area contributed by atoms with Gasteiger partial charge in [-0.2, -0.15) is 0 Å². The Kier molecular flexibility index (Phi) is 8.48. The summed E-state index contributed by atoms with van der Waals surface area (Å²) in [6, 6.07) is 3.28. The van der Waals surface area contributed by atoms with Crippen LogP contribution in [0.15, 0.2) is 21.3 Å². The predicted molar refractivity (Wildman–Crippen MR) is 187 cm³/mol. The Morgan fingerprint density at radius 2 is 1.32 bits per heavy atom. The molecule has 2 saturated heterocycles. The highest BCUT2D eigenvalue weighted by atomic mass is 35.5. The lowest BCUT2D eigenvalue weighted by Gasteiger charge is -2.45. The van der Waals surface area contributed by atoms with E-state index in [2.05, 4.69) is 0 Å². The molecule has 2 saturated carbocycles. The van der Waals surface area contributed by atoms with Gasteiger partial charge in [-0.1, -0.05) is 27.7 Å². The molecule has 53 heavy (non-hydrogen) atoms. The van der Waals surface area contributed by atoms with Crippen LogP contribution in [0.25, 0.3) is 11.0 Å². The number of benzene rings is 1. The maximum Gasteiger partial charge on any atom is 0.351 e. The fourth-order valence-electron chi connectivity index (χ4n) is 9.20. The Labute approximate surface area is 312 Å². The highest BCUT2D eigenvalue weighted by molar-refractivity contribution is 5.95. The number of carbonyl (C=O) groups is 5. The van der Waals surface area contributed by atoms with Crippen molar-refractivity contribution < 1.29 is 56.8 Å². The number of hydrogen-bond donors (Lipinski definition) is 1. The zero-order valence-corrected chi connectivity index (χ0v) is 32.2. The molecule has 0 amide bonds. The molecule has 2 aromatic rings. The van der Waals surface area contributed by atoms with Crippen molar-refractivity contribution in [1.29, 1.82) is 0 Å². The minimum atomic E-state index is -1.66. The molecule has 7 rings (SSSR count). The lowest BCUT2D eigenvalue weighted by atomic mass is 9.66. The van der Waals surface area contributed by atoms with Gasteiger partial charge in [0.2, 0.25) is 11.2 Å². The maximum atomic E-state index is 14.6. The van der Waals surface area contributed by atoms with Crippen LogP contribution in [0, 0.1) is 28.6 Å². The lowest BCUT2D eigenvalue weighted by molar-refractivity contribution is -0.217. The first-order chi connectivity index (χ1) is 24.0. The van der Waals surface area contributed by atoms with Crippen LogP contribution in [0.1, 0.15) is 104 Å². The molecule has 2 aliphatic carbocycles. The van der Waals surface area contributed by atoms with Gasteiger partial charge < -0.3 is 38.6 Å². The summed E-state index contributed by atoms with van der Waals surface area (Å²) in [6.45, 7) is 14.9. The number of fused-ring (bicyclic) bond motifs is 7. The molecule has 4 bridgehead atoms. The van der Waals surface area contributed by atoms with Gasteiger partial charge in [-0.25, -0.2) is 14.4 Å². The van der Waals surface area contributed by atoms with Gasteiger partial charge in [0.25, 0.3) is 0 Å². The predicted octanol–water partition coefficient (Wildman–Crippen LogP) is 4.44. The molecule has 0 radical (unpaired) electrons. The second-order valence-electron chi connectivity index (χ2n) is 16.9. The summed E-state index contributed by atoms with van der Waals surface area (Å²) in [7, 11) is 0. The van der Waals surface area contributed by atoms with Crippen molar-refractivity contribution in [3.05, 3.63) is 39.2 Å². The standard InChI is InChI=1S/C38H45NO13.ClH/c1-18-19-10-11-21-23(24(19)47-27(41)20(18)17-46-22(40)16-39)25(48-30(44)37-14-12-35(8,28(42)51-37)33(37,4)5)26(32(2,3)50-21)49-31(45)38-15-13-36(9,29(43)52-38)34(38,6)7;/h10-11,25-26H,12-17,39H2,1-9H3;1H/t25-,26-,35?,36?,37-,38-;/m1./s1. The summed E-state index contributed by atoms with van der Waals surface area (Å²) in [5, 5.41) is 0.404. The zero-order valence-electron chi connectivity index (χ0n) is 31.3. The number of nitrogens with two attached hydrogens (primary N) is 1. The third-order valence-corrected chi connectivity index (χ3v) is 13.9. The van der Waals surface area contributed by atoms with E-state index in [1.807, 2.05) is 0 Å². The molecule has 1 aromatic carbocycles. The highest BCUT2D eigenvalue weighted by Gasteiger charge is 2.78. The van der Waals surface area contributed by atoms with Gasteiger partial charge in [0.15, 0.2) is 12.2 Å². The van der Waals surface area contributed by atoms with E-state index in [4.69, 9.17) is 38.6 Å². The molecule has 1 aromatic heterocycles. The van der Waals surface area contributed by atoms with Gasteiger partial charge in [0.1, 0.15) is 23.5 Å². The molecular formula is C38H46ClNO13. The number of rotatable bonds is 7. The Morgan fingerprint density at radius 3 is 1.79 bits per heavy atom. The van der Waals surface area contributed by atoms with Crippen molar-refractivity contribution in [2.45, 2.75) is 124 Å². The molecule has 6 atom stereocenters. The average Bonchev–Trinajstić information content (AvgIpc) is 3.53. The molecular weight excluding hydrogens is 714 g/mol. The van der Waals surface area contributed by atoms with Gasteiger partial charge in [0, 0.05) is 16.2 Å². The number of hydrogen-bond acceptors (Lipinski definition) is 14. The summed E-state index contributed by atoms with van der Waals surface area (Å²) in [5.41, 5.74) is -3.35. The third kappa shape index (κ3) is 4.66. The fourth-order valence-corrected chi connectivity index (χ4v) is 9.20. The Balaban J connectivity index is 0.00000481. The van der Waals surface area contributed by atoms with Gasteiger partial charge in [-0.3, -0.25) is 14.4 Å². The van der Waals surface area contributed by atoms with E-state index in [0.29, 0.717) is 23.8 Å². The topological polar surface area (TPSA) is 197 Å². The van der Waals surface area contributed by atoms with Crippen molar-refractivity contribution in [2.75, 3.05) is 6.54 Å². The SMILES string of the molecule is Cc1c(COC(=O)CN)c(=O)oc2c3c(ccc12)OC(C)(C)[C@H](OC(=O)[C@@]12CCC(C)(C(=O)O1)C2(C)C)[C@@H]3OC(=O)[C@@]12CCC(C)(C(=O)O1)C2(C)C.Cl.